The molecule has 6 heteroatoms. The van der Waals surface area contributed by atoms with Crippen LogP contribution in [0, 0.1) is 17.8 Å². The Kier molecular flexibility index (Phi) is 23.2. The second-order valence-electron chi connectivity index (χ2n) is 17.6. The first-order chi connectivity index (χ1) is 25.8. The standard InChI is InChI=1S/C48H82O6/c1-11-12-13-14-15-17-20-31-43(32-21-18-16-19-22-33-45(49)51-10)52-54-48-42(8)40(6)46(50)41(7)44(48)34-36-47(9,53-48)35-25-30-39(5)29-24-28-38(4)27-23-26-37(2)3/h15,17,20,31,37-39,43H,11-14,16,18-19,21-30,32-36H2,1-10H3/b17-15-,31-20+/t38-,39-,43-,47-,48-/m1/s1. The molecule has 1 saturated heterocycles. The van der Waals surface area contributed by atoms with Crippen molar-refractivity contribution in [1.82, 2.24) is 0 Å². The Hall–Kier alpha value is -2.02. The monoisotopic (exact) mass is 755 g/mol. The molecule has 0 amide bonds. The second kappa shape index (κ2) is 26.0. The van der Waals surface area contributed by atoms with Crippen molar-refractivity contribution in [2.24, 2.45) is 17.8 Å². The lowest BCUT2D eigenvalue weighted by molar-refractivity contribution is -0.436. The van der Waals surface area contributed by atoms with Crippen molar-refractivity contribution in [2.45, 2.75) is 221 Å². The van der Waals surface area contributed by atoms with Gasteiger partial charge < -0.3 is 9.47 Å². The minimum Gasteiger partial charge on any atom is -0.469 e. The van der Waals surface area contributed by atoms with E-state index in [2.05, 4.69) is 65.8 Å². The summed E-state index contributed by atoms with van der Waals surface area (Å²) in [4.78, 5) is 37.8. The third-order valence-corrected chi connectivity index (χ3v) is 12.1. The smallest absolute Gasteiger partial charge is 0.305 e. The molecule has 0 bridgehead atoms. The molecule has 0 unspecified atom stereocenters. The van der Waals surface area contributed by atoms with Gasteiger partial charge in [0.05, 0.1) is 12.7 Å². The zero-order chi connectivity index (χ0) is 40.0. The molecule has 0 saturated carbocycles. The van der Waals surface area contributed by atoms with E-state index in [1.807, 2.05) is 20.8 Å². The number of Topliss-reactive ketones (excluding diaryl/α,β-unsaturated/α-hetero) is 1. The summed E-state index contributed by atoms with van der Waals surface area (Å²) < 4.78 is 11.9. The highest BCUT2D eigenvalue weighted by molar-refractivity contribution is 6.10. The molecule has 310 valence electrons. The topological polar surface area (TPSA) is 71.1 Å². The summed E-state index contributed by atoms with van der Waals surface area (Å²) >= 11 is 0. The average molecular weight is 755 g/mol. The number of ether oxygens (including phenoxy) is 2. The fraction of sp³-hybridized carbons (Fsp3) is 0.792. The van der Waals surface area contributed by atoms with Gasteiger partial charge in [-0.05, 0) is 96.0 Å². The van der Waals surface area contributed by atoms with E-state index in [0.29, 0.717) is 17.9 Å². The van der Waals surface area contributed by atoms with E-state index >= 15 is 0 Å². The quantitative estimate of drug-likeness (QED) is 0.0249. The Morgan fingerprint density at radius 3 is 2.11 bits per heavy atom. The molecule has 0 aromatic heterocycles. The van der Waals surface area contributed by atoms with Gasteiger partial charge in [0.15, 0.2) is 5.78 Å². The first kappa shape index (κ1) is 48.1. The van der Waals surface area contributed by atoms with Gasteiger partial charge in [-0.25, -0.2) is 4.89 Å². The summed E-state index contributed by atoms with van der Waals surface area (Å²) in [5.74, 6) is 1.06. The van der Waals surface area contributed by atoms with Crippen molar-refractivity contribution >= 4 is 11.8 Å². The summed E-state index contributed by atoms with van der Waals surface area (Å²) in [6.07, 6.45) is 32.1. The van der Waals surface area contributed by atoms with Crippen LogP contribution in [-0.2, 0) is 28.8 Å². The fourth-order valence-corrected chi connectivity index (χ4v) is 8.12. The number of carbonyl (C=O) groups is 2. The Morgan fingerprint density at radius 2 is 1.44 bits per heavy atom. The summed E-state index contributed by atoms with van der Waals surface area (Å²) in [7, 11) is 1.45. The molecule has 6 nitrogen and oxygen atoms in total. The van der Waals surface area contributed by atoms with E-state index in [4.69, 9.17) is 19.2 Å². The van der Waals surface area contributed by atoms with E-state index in [9.17, 15) is 9.59 Å². The molecule has 1 aliphatic heterocycles. The van der Waals surface area contributed by atoms with Crippen LogP contribution in [0.2, 0.25) is 0 Å². The molecule has 54 heavy (non-hydrogen) atoms. The van der Waals surface area contributed by atoms with Gasteiger partial charge in [0.1, 0.15) is 6.10 Å². The maximum absolute atomic E-state index is 13.3. The van der Waals surface area contributed by atoms with Crippen molar-refractivity contribution in [2.75, 3.05) is 7.11 Å². The van der Waals surface area contributed by atoms with Gasteiger partial charge in [-0.15, -0.1) is 0 Å². The van der Waals surface area contributed by atoms with Gasteiger partial charge in [-0.2, -0.15) is 4.89 Å². The number of rotatable bonds is 29. The van der Waals surface area contributed by atoms with Gasteiger partial charge >= 0.3 is 5.97 Å². The van der Waals surface area contributed by atoms with Gasteiger partial charge in [0.2, 0.25) is 5.79 Å². The highest BCUT2D eigenvalue weighted by Crippen LogP contribution is 2.51. The van der Waals surface area contributed by atoms with Crippen molar-refractivity contribution in [1.29, 1.82) is 0 Å². The predicted octanol–water partition coefficient (Wildman–Crippen LogP) is 13.8. The third kappa shape index (κ3) is 17.0. The summed E-state index contributed by atoms with van der Waals surface area (Å²) in [6.45, 7) is 19.7. The second-order valence-corrected chi connectivity index (χ2v) is 17.6. The Labute approximate surface area is 332 Å². The zero-order valence-electron chi connectivity index (χ0n) is 36.6. The van der Waals surface area contributed by atoms with Gasteiger partial charge in [0.25, 0.3) is 0 Å². The molecule has 2 rings (SSSR count). The number of allylic oxidation sites excluding steroid dienone is 5. The van der Waals surface area contributed by atoms with Crippen LogP contribution in [0.1, 0.15) is 204 Å². The molecule has 1 fully saturated rings. The minimum absolute atomic E-state index is 0.0776. The van der Waals surface area contributed by atoms with Gasteiger partial charge in [-0.3, -0.25) is 9.59 Å². The first-order valence-electron chi connectivity index (χ1n) is 22.2. The molecular weight excluding hydrogens is 673 g/mol. The van der Waals surface area contributed by atoms with E-state index in [1.165, 1.54) is 71.3 Å². The van der Waals surface area contributed by atoms with E-state index < -0.39 is 11.4 Å². The molecule has 1 heterocycles. The Balaban J connectivity index is 2.10. The largest absolute Gasteiger partial charge is 0.469 e. The molecule has 0 radical (unpaired) electrons. The molecule has 0 N–H and O–H groups in total. The predicted molar refractivity (Wildman–Crippen MR) is 225 cm³/mol. The van der Waals surface area contributed by atoms with Crippen LogP contribution in [0.25, 0.3) is 0 Å². The number of methoxy groups -OCH3 is 1. The molecule has 2 aliphatic rings. The van der Waals surface area contributed by atoms with Crippen molar-refractivity contribution < 1.29 is 28.8 Å². The number of carbonyl (C=O) groups excluding carboxylic acids is 2. The van der Waals surface area contributed by atoms with Crippen LogP contribution in [0.4, 0.5) is 0 Å². The molecule has 0 aromatic rings. The number of unbranched alkanes of at least 4 members (excludes halogenated alkanes) is 7. The van der Waals surface area contributed by atoms with Crippen LogP contribution >= 0.6 is 0 Å². The van der Waals surface area contributed by atoms with Crippen LogP contribution in [0.3, 0.4) is 0 Å². The van der Waals surface area contributed by atoms with Crippen LogP contribution in [0.5, 0.6) is 0 Å². The average Bonchev–Trinajstić information content (AvgIpc) is 3.13. The van der Waals surface area contributed by atoms with Crippen LogP contribution in [-0.4, -0.2) is 36.4 Å². The number of hydrogen-bond donors (Lipinski definition) is 0. The maximum Gasteiger partial charge on any atom is 0.305 e. The SMILES string of the molecule is CCCCC/C=C\C=C\[C@H](CCCCCCCC(=O)OC)OO[C@@]12O[C@](C)(CCC[C@H](C)CCC[C@H](C)CCCC(C)C)CCC1=C(C)C(=O)C(C)=C2C. The Morgan fingerprint density at radius 1 is 0.796 bits per heavy atom. The van der Waals surface area contributed by atoms with Crippen molar-refractivity contribution in [3.05, 3.63) is 46.6 Å². The van der Waals surface area contributed by atoms with E-state index in [0.717, 1.165) is 99.2 Å². The van der Waals surface area contributed by atoms with Crippen molar-refractivity contribution in [3.8, 4) is 0 Å². The number of fused-ring (bicyclic) bond motifs is 1. The van der Waals surface area contributed by atoms with Gasteiger partial charge in [-0.1, -0.05) is 149 Å². The summed E-state index contributed by atoms with van der Waals surface area (Å²) in [5, 5.41) is 0. The molecular formula is C48H82O6. The lowest BCUT2D eigenvalue weighted by Crippen LogP contribution is -2.54. The highest BCUT2D eigenvalue weighted by Gasteiger charge is 2.54. The van der Waals surface area contributed by atoms with Crippen LogP contribution in [0.15, 0.2) is 46.6 Å². The van der Waals surface area contributed by atoms with E-state index in [1.54, 1.807) is 0 Å². The number of esters is 1. The summed E-state index contributed by atoms with van der Waals surface area (Å²) in [6, 6.07) is 0. The third-order valence-electron chi connectivity index (χ3n) is 12.1. The highest BCUT2D eigenvalue weighted by atomic mass is 17.2. The zero-order valence-corrected chi connectivity index (χ0v) is 36.6. The lowest BCUT2D eigenvalue weighted by Gasteiger charge is -2.50. The van der Waals surface area contributed by atoms with E-state index in [-0.39, 0.29) is 17.9 Å². The van der Waals surface area contributed by atoms with Crippen molar-refractivity contribution in [3.63, 3.8) is 0 Å². The maximum atomic E-state index is 13.3. The number of ketones is 1. The Bertz CT molecular complexity index is 1230. The molecule has 1 aliphatic carbocycles. The summed E-state index contributed by atoms with van der Waals surface area (Å²) in [5.41, 5.74) is 2.73. The molecule has 0 spiro atoms. The van der Waals surface area contributed by atoms with Crippen LogP contribution < -0.4 is 0 Å². The number of hydrogen-bond acceptors (Lipinski definition) is 6. The lowest BCUT2D eigenvalue weighted by atomic mass is 9.75. The molecule has 0 aromatic carbocycles. The fourth-order valence-electron chi connectivity index (χ4n) is 8.12. The minimum atomic E-state index is -1.21. The first-order valence-corrected chi connectivity index (χ1v) is 22.2. The van der Waals surface area contributed by atoms with Gasteiger partial charge in [0, 0.05) is 23.1 Å². The molecule has 5 atom stereocenters. The normalized spacial score (nSPS) is 22.5.